The first-order chi connectivity index (χ1) is 13.9. The van der Waals surface area contributed by atoms with Crippen LogP contribution < -0.4 is 5.32 Å². The summed E-state index contributed by atoms with van der Waals surface area (Å²) in [6, 6.07) is 15.9. The Balaban J connectivity index is 1.88. The van der Waals surface area contributed by atoms with Gasteiger partial charge in [-0.1, -0.05) is 82.8 Å². The number of carbonyl (C=O) groups excluding carboxylic acids is 2. The molecule has 1 aromatic heterocycles. The Kier molecular flexibility index (Phi) is 6.75. The molecule has 1 heterocycles. The number of halogens is 3. The van der Waals surface area contributed by atoms with Gasteiger partial charge >= 0.3 is 5.97 Å². The molecule has 8 heteroatoms. The number of ether oxygens (including phenoxy) is 1. The van der Waals surface area contributed by atoms with E-state index in [1.807, 2.05) is 19.1 Å². The van der Waals surface area contributed by atoms with Crippen LogP contribution in [0.3, 0.4) is 0 Å². The van der Waals surface area contributed by atoms with Crippen molar-refractivity contribution >= 4 is 52.4 Å². The highest BCUT2D eigenvalue weighted by molar-refractivity contribution is 6.48. The number of nitrogens with one attached hydrogen (secondary N) is 1. The molecule has 148 valence electrons. The minimum Gasteiger partial charge on any atom is -0.443 e. The lowest BCUT2D eigenvalue weighted by Gasteiger charge is -2.18. The summed E-state index contributed by atoms with van der Waals surface area (Å²) in [5.41, 5.74) is 1.88. The minimum absolute atomic E-state index is 0.0179. The molecule has 0 aliphatic rings. The van der Waals surface area contributed by atoms with E-state index in [4.69, 9.17) is 39.5 Å². The number of aromatic nitrogens is 1. The molecule has 0 aliphatic carbocycles. The molecule has 1 amide bonds. The normalized spacial score (nSPS) is 11.6. The highest BCUT2D eigenvalue weighted by atomic mass is 35.5. The molecule has 3 aromatic rings. The molecule has 2 aromatic carbocycles. The van der Waals surface area contributed by atoms with Crippen LogP contribution in [-0.2, 0) is 9.53 Å². The zero-order chi connectivity index (χ0) is 21.0. The standard InChI is InChI=1S/C21H15Cl3N2O3/c1-12-7-9-14(10-8-12)26-20(27)19(13-5-3-2-4-6-13)29-21(28)18-17(24)16(23)15(22)11-25-18/h2-11,19H,1H3,(H,26,27). The monoisotopic (exact) mass is 448 g/mol. The van der Waals surface area contributed by atoms with Crippen molar-refractivity contribution in [2.45, 2.75) is 13.0 Å². The number of carbonyl (C=O) groups is 2. The molecule has 5 nitrogen and oxygen atoms in total. The number of hydrogen-bond acceptors (Lipinski definition) is 4. The van der Waals surface area contributed by atoms with Crippen LogP contribution in [0.1, 0.15) is 27.7 Å². The van der Waals surface area contributed by atoms with Gasteiger partial charge in [-0.15, -0.1) is 0 Å². The first-order valence-electron chi connectivity index (χ1n) is 8.49. The number of amides is 1. The lowest BCUT2D eigenvalue weighted by Crippen LogP contribution is -2.26. The van der Waals surface area contributed by atoms with Crippen molar-refractivity contribution in [3.63, 3.8) is 0 Å². The van der Waals surface area contributed by atoms with E-state index in [2.05, 4.69) is 10.3 Å². The fourth-order valence-corrected chi connectivity index (χ4v) is 3.05. The van der Waals surface area contributed by atoms with Crippen molar-refractivity contribution in [1.82, 2.24) is 4.98 Å². The second-order valence-corrected chi connectivity index (χ2v) is 7.30. The van der Waals surface area contributed by atoms with Crippen molar-refractivity contribution in [1.29, 1.82) is 0 Å². The van der Waals surface area contributed by atoms with E-state index in [0.717, 1.165) is 5.56 Å². The van der Waals surface area contributed by atoms with Gasteiger partial charge in [0.15, 0.2) is 5.69 Å². The third-order valence-electron chi connectivity index (χ3n) is 4.00. The number of hydrogen-bond donors (Lipinski definition) is 1. The number of rotatable bonds is 5. The summed E-state index contributed by atoms with van der Waals surface area (Å²) in [6.45, 7) is 1.94. The Hall–Kier alpha value is -2.60. The van der Waals surface area contributed by atoms with Gasteiger partial charge in [-0.25, -0.2) is 9.78 Å². The number of aryl methyl sites for hydroxylation is 1. The molecule has 29 heavy (non-hydrogen) atoms. The molecule has 0 fully saturated rings. The van der Waals surface area contributed by atoms with Crippen LogP contribution in [0.25, 0.3) is 0 Å². The third-order valence-corrected chi connectivity index (χ3v) is 5.24. The maximum Gasteiger partial charge on any atom is 0.359 e. The lowest BCUT2D eigenvalue weighted by atomic mass is 10.1. The molecule has 0 saturated carbocycles. The molecule has 1 unspecified atom stereocenters. The molecule has 0 aliphatic heterocycles. The Morgan fingerprint density at radius 1 is 0.966 bits per heavy atom. The quantitative estimate of drug-likeness (QED) is 0.493. The second-order valence-electron chi connectivity index (χ2n) is 6.13. The van der Waals surface area contributed by atoms with Crippen LogP contribution in [0.15, 0.2) is 60.8 Å². The molecular weight excluding hydrogens is 435 g/mol. The van der Waals surface area contributed by atoms with Gasteiger partial charge in [-0.05, 0) is 19.1 Å². The van der Waals surface area contributed by atoms with Crippen LogP contribution >= 0.6 is 34.8 Å². The zero-order valence-corrected chi connectivity index (χ0v) is 17.4. The van der Waals surface area contributed by atoms with E-state index in [0.29, 0.717) is 11.3 Å². The number of nitrogens with zero attached hydrogens (tertiary/aromatic N) is 1. The van der Waals surface area contributed by atoms with Crippen LogP contribution in [0.5, 0.6) is 0 Å². The van der Waals surface area contributed by atoms with Crippen LogP contribution in [0.2, 0.25) is 15.1 Å². The Morgan fingerprint density at radius 2 is 1.62 bits per heavy atom. The van der Waals surface area contributed by atoms with E-state index in [1.54, 1.807) is 42.5 Å². The van der Waals surface area contributed by atoms with Crippen molar-refractivity contribution in [2.75, 3.05) is 5.32 Å². The Bertz CT molecular complexity index is 1040. The summed E-state index contributed by atoms with van der Waals surface area (Å²) >= 11 is 17.9. The number of pyridine rings is 1. The van der Waals surface area contributed by atoms with Crippen molar-refractivity contribution in [2.24, 2.45) is 0 Å². The van der Waals surface area contributed by atoms with Crippen molar-refractivity contribution < 1.29 is 14.3 Å². The summed E-state index contributed by atoms with van der Waals surface area (Å²) in [4.78, 5) is 29.4. The van der Waals surface area contributed by atoms with Gasteiger partial charge < -0.3 is 10.1 Å². The molecule has 3 rings (SSSR count). The number of benzene rings is 2. The number of esters is 1. The van der Waals surface area contributed by atoms with Crippen molar-refractivity contribution in [3.05, 3.63) is 92.7 Å². The fraction of sp³-hybridized carbons (Fsp3) is 0.0952. The molecule has 0 spiro atoms. The van der Waals surface area contributed by atoms with Gasteiger partial charge in [-0.3, -0.25) is 4.79 Å². The first kappa shape index (κ1) is 21.1. The summed E-state index contributed by atoms with van der Waals surface area (Å²) < 4.78 is 5.46. The maximum absolute atomic E-state index is 12.9. The van der Waals surface area contributed by atoms with E-state index < -0.39 is 18.0 Å². The van der Waals surface area contributed by atoms with E-state index in [1.165, 1.54) is 6.20 Å². The van der Waals surface area contributed by atoms with Gasteiger partial charge in [0.1, 0.15) is 0 Å². The molecule has 1 atom stereocenters. The zero-order valence-electron chi connectivity index (χ0n) is 15.2. The van der Waals surface area contributed by atoms with E-state index in [9.17, 15) is 9.59 Å². The third kappa shape index (κ3) is 5.07. The van der Waals surface area contributed by atoms with Gasteiger partial charge in [0, 0.05) is 17.4 Å². The average Bonchev–Trinajstić information content (AvgIpc) is 2.72. The SMILES string of the molecule is Cc1ccc(NC(=O)C(OC(=O)c2ncc(Cl)c(Cl)c2Cl)c2ccccc2)cc1. The van der Waals surface area contributed by atoms with E-state index in [-0.39, 0.29) is 20.8 Å². The average molecular weight is 450 g/mol. The Labute approximate surface area is 182 Å². The Morgan fingerprint density at radius 3 is 2.28 bits per heavy atom. The molecule has 0 bridgehead atoms. The van der Waals surface area contributed by atoms with Crippen molar-refractivity contribution in [3.8, 4) is 0 Å². The minimum atomic E-state index is -1.22. The van der Waals surface area contributed by atoms with Gasteiger partial charge in [-0.2, -0.15) is 0 Å². The van der Waals surface area contributed by atoms with Crippen LogP contribution in [0, 0.1) is 6.92 Å². The topological polar surface area (TPSA) is 68.3 Å². The van der Waals surface area contributed by atoms with Gasteiger partial charge in [0.2, 0.25) is 6.10 Å². The van der Waals surface area contributed by atoms with Gasteiger partial charge in [0.25, 0.3) is 5.91 Å². The van der Waals surface area contributed by atoms with Gasteiger partial charge in [0.05, 0.1) is 15.1 Å². The lowest BCUT2D eigenvalue weighted by molar-refractivity contribution is -0.125. The van der Waals surface area contributed by atoms with Crippen LogP contribution in [0.4, 0.5) is 5.69 Å². The summed E-state index contributed by atoms with van der Waals surface area (Å²) in [5.74, 6) is -1.42. The second kappa shape index (κ2) is 9.27. The summed E-state index contributed by atoms with van der Waals surface area (Å²) in [5, 5.41) is 2.68. The van der Waals surface area contributed by atoms with E-state index >= 15 is 0 Å². The molecular formula is C21H15Cl3N2O3. The first-order valence-corrected chi connectivity index (χ1v) is 9.63. The highest BCUT2D eigenvalue weighted by Gasteiger charge is 2.28. The smallest absolute Gasteiger partial charge is 0.359 e. The summed E-state index contributed by atoms with van der Waals surface area (Å²) in [7, 11) is 0. The highest BCUT2D eigenvalue weighted by Crippen LogP contribution is 2.32. The predicted octanol–water partition coefficient (Wildman–Crippen LogP) is 5.89. The number of anilines is 1. The molecule has 0 radical (unpaired) electrons. The largest absolute Gasteiger partial charge is 0.443 e. The predicted molar refractivity (Wildman–Crippen MR) is 114 cm³/mol. The maximum atomic E-state index is 12.9. The molecule has 0 saturated heterocycles. The fourth-order valence-electron chi connectivity index (χ4n) is 2.49. The summed E-state index contributed by atoms with van der Waals surface area (Å²) in [6.07, 6.45) is -0.0340. The van der Waals surface area contributed by atoms with Crippen LogP contribution in [-0.4, -0.2) is 16.9 Å². The molecule has 1 N–H and O–H groups in total.